The number of benzene rings is 2. The van der Waals surface area contributed by atoms with Gasteiger partial charge in [0.25, 0.3) is 5.91 Å². The Kier molecular flexibility index (Phi) is 5.58. The maximum absolute atomic E-state index is 12.9. The number of hydrogen-bond acceptors (Lipinski definition) is 4. The third-order valence-corrected chi connectivity index (χ3v) is 5.20. The maximum atomic E-state index is 12.9. The molecule has 0 spiro atoms. The third-order valence-electron chi connectivity index (χ3n) is 5.12. The molecule has 0 radical (unpaired) electrons. The van der Waals surface area contributed by atoms with Crippen LogP contribution in [0.15, 0.2) is 48.7 Å². The highest BCUT2D eigenvalue weighted by atomic mass is 35.5. The first-order valence-corrected chi connectivity index (χ1v) is 10.2. The van der Waals surface area contributed by atoms with Gasteiger partial charge in [-0.25, -0.2) is 0 Å². The maximum Gasteiger partial charge on any atom is 0.487 e. The van der Waals surface area contributed by atoms with E-state index in [1.807, 2.05) is 18.2 Å². The fourth-order valence-electron chi connectivity index (χ4n) is 3.78. The van der Waals surface area contributed by atoms with E-state index >= 15 is 0 Å². The summed E-state index contributed by atoms with van der Waals surface area (Å²) in [6, 6.07) is 11.5. The number of carbonyl (C=O) groups is 1. The van der Waals surface area contributed by atoms with E-state index in [4.69, 9.17) is 11.6 Å². The van der Waals surface area contributed by atoms with Crippen LogP contribution in [0.1, 0.15) is 29.8 Å². The Labute approximate surface area is 183 Å². The van der Waals surface area contributed by atoms with Crippen molar-refractivity contribution in [2.45, 2.75) is 31.9 Å². The molecule has 1 aromatic heterocycles. The Hall–Kier alpha value is -3.13. The molecule has 9 heteroatoms. The molecular formula is C22H21ClF2N4O2. The van der Waals surface area contributed by atoms with E-state index < -0.39 is 5.57 Å². The summed E-state index contributed by atoms with van der Waals surface area (Å²) in [4.78, 5) is 15.3. The van der Waals surface area contributed by atoms with E-state index in [-0.39, 0.29) is 11.7 Å². The van der Waals surface area contributed by atoms with Crippen molar-refractivity contribution in [3.8, 4) is 17.0 Å². The van der Waals surface area contributed by atoms with E-state index in [0.29, 0.717) is 17.3 Å². The average molecular weight is 447 g/mol. The molecule has 0 aliphatic carbocycles. The van der Waals surface area contributed by atoms with Gasteiger partial charge in [0, 0.05) is 52.9 Å². The van der Waals surface area contributed by atoms with Gasteiger partial charge in [0.05, 0.1) is 5.69 Å². The number of aromatic nitrogens is 2. The number of alkyl halides is 3. The lowest BCUT2D eigenvalue weighted by atomic mass is 9.99. The zero-order valence-electron chi connectivity index (χ0n) is 17.0. The number of carbonyl (C=O) groups excluding carboxylic acids is 1. The van der Waals surface area contributed by atoms with Crippen LogP contribution in [0.5, 0.6) is 5.75 Å². The van der Waals surface area contributed by atoms with Gasteiger partial charge in [-0.05, 0) is 68.3 Å². The standard InChI is InChI=1S/C22H21ClF2N4O2/c1-13(2)29-10-8-14-11-15(12-18(20(14)29)19-7-9-26-28-19)21(30)27-16-3-5-17(6-4-16)31-22(23,24)25/h3-7,9,11-13H,8,10H2,1-2H3,(H,26,28)(H,27,30). The quantitative estimate of drug-likeness (QED) is 0.506. The van der Waals surface area contributed by atoms with Crippen LogP contribution in [-0.4, -0.2) is 34.3 Å². The monoisotopic (exact) mass is 446 g/mol. The van der Waals surface area contributed by atoms with Crippen LogP contribution in [0, 0.1) is 0 Å². The molecule has 0 saturated heterocycles. The first-order valence-electron chi connectivity index (χ1n) is 9.82. The largest absolute Gasteiger partial charge is 0.487 e. The lowest BCUT2D eigenvalue weighted by molar-refractivity contribution is -0.0964. The van der Waals surface area contributed by atoms with Gasteiger partial charge in [-0.3, -0.25) is 9.89 Å². The number of nitrogens with one attached hydrogen (secondary N) is 2. The molecule has 0 atom stereocenters. The lowest BCUT2D eigenvalue weighted by Gasteiger charge is -2.26. The van der Waals surface area contributed by atoms with E-state index in [1.54, 1.807) is 6.20 Å². The van der Waals surface area contributed by atoms with Crippen molar-refractivity contribution in [1.82, 2.24) is 10.2 Å². The van der Waals surface area contributed by atoms with Gasteiger partial charge in [0.1, 0.15) is 5.75 Å². The Morgan fingerprint density at radius 2 is 2.00 bits per heavy atom. The van der Waals surface area contributed by atoms with Crippen molar-refractivity contribution in [1.29, 1.82) is 0 Å². The predicted molar refractivity (Wildman–Crippen MR) is 116 cm³/mol. The molecule has 2 heterocycles. The number of fused-ring (bicyclic) bond motifs is 1. The SMILES string of the molecule is CC(C)N1CCc2cc(C(=O)Nc3ccc(OC(F)(F)Cl)cc3)cc(-c3ccn[nH]3)c21. The molecular weight excluding hydrogens is 426 g/mol. The van der Waals surface area contributed by atoms with Gasteiger partial charge in [0.15, 0.2) is 0 Å². The smallest absolute Gasteiger partial charge is 0.420 e. The molecule has 4 rings (SSSR count). The summed E-state index contributed by atoms with van der Waals surface area (Å²) in [7, 11) is 0. The number of amides is 1. The zero-order valence-corrected chi connectivity index (χ0v) is 17.7. The summed E-state index contributed by atoms with van der Waals surface area (Å²) in [5, 5.41) is 9.83. The molecule has 0 fully saturated rings. The highest BCUT2D eigenvalue weighted by molar-refractivity contribution is 6.20. The number of aromatic amines is 1. The molecule has 0 saturated carbocycles. The van der Waals surface area contributed by atoms with Crippen LogP contribution in [0.3, 0.4) is 0 Å². The molecule has 1 aliphatic heterocycles. The fraction of sp³-hybridized carbons (Fsp3) is 0.273. The summed E-state index contributed by atoms with van der Waals surface area (Å²) in [5.41, 5.74) is 1.12. The number of nitrogens with zero attached hydrogens (tertiary/aromatic N) is 2. The zero-order chi connectivity index (χ0) is 22.2. The normalized spacial score (nSPS) is 13.4. The molecule has 2 N–H and O–H groups in total. The fourth-order valence-corrected chi connectivity index (χ4v) is 3.87. The van der Waals surface area contributed by atoms with Gasteiger partial charge >= 0.3 is 5.57 Å². The van der Waals surface area contributed by atoms with E-state index in [2.05, 4.69) is 39.0 Å². The van der Waals surface area contributed by atoms with Gasteiger partial charge in [-0.1, -0.05) is 0 Å². The predicted octanol–water partition coefficient (Wildman–Crippen LogP) is 5.27. The Balaban J connectivity index is 1.61. The summed E-state index contributed by atoms with van der Waals surface area (Å²) < 4.78 is 29.8. The summed E-state index contributed by atoms with van der Waals surface area (Å²) >= 11 is 4.77. The van der Waals surface area contributed by atoms with Gasteiger partial charge < -0.3 is 15.0 Å². The van der Waals surface area contributed by atoms with Crippen LogP contribution < -0.4 is 15.0 Å². The molecule has 6 nitrogen and oxygen atoms in total. The molecule has 1 aliphatic rings. The molecule has 2 aromatic carbocycles. The van der Waals surface area contributed by atoms with Crippen molar-refractivity contribution in [3.05, 3.63) is 59.8 Å². The van der Waals surface area contributed by atoms with Crippen LogP contribution >= 0.6 is 11.6 Å². The second-order valence-electron chi connectivity index (χ2n) is 7.57. The molecule has 3 aromatic rings. The molecule has 0 bridgehead atoms. The van der Waals surface area contributed by atoms with Gasteiger partial charge in [0.2, 0.25) is 0 Å². The van der Waals surface area contributed by atoms with Crippen molar-refractivity contribution in [2.24, 2.45) is 0 Å². The van der Waals surface area contributed by atoms with Crippen LogP contribution in [0.2, 0.25) is 0 Å². The summed E-state index contributed by atoms with van der Waals surface area (Å²) in [6.45, 7) is 5.16. The van der Waals surface area contributed by atoms with E-state index in [9.17, 15) is 13.6 Å². The van der Waals surface area contributed by atoms with Gasteiger partial charge in [-0.15, -0.1) is 8.78 Å². The third kappa shape index (κ3) is 4.64. The second-order valence-corrected chi connectivity index (χ2v) is 8.01. The average Bonchev–Trinajstić information content (AvgIpc) is 3.37. The minimum Gasteiger partial charge on any atom is -0.420 e. The van der Waals surface area contributed by atoms with Crippen LogP contribution in [-0.2, 0) is 6.42 Å². The van der Waals surface area contributed by atoms with Crippen molar-refractivity contribution < 1.29 is 18.3 Å². The summed E-state index contributed by atoms with van der Waals surface area (Å²) in [5.74, 6) is -0.409. The minimum atomic E-state index is -3.79. The number of rotatable bonds is 6. The number of halogens is 3. The minimum absolute atomic E-state index is 0.106. The lowest BCUT2D eigenvalue weighted by Crippen LogP contribution is -2.28. The van der Waals surface area contributed by atoms with Gasteiger partial charge in [-0.2, -0.15) is 5.10 Å². The van der Waals surface area contributed by atoms with Crippen molar-refractivity contribution in [3.63, 3.8) is 0 Å². The number of anilines is 2. The van der Waals surface area contributed by atoms with E-state index in [1.165, 1.54) is 24.3 Å². The molecule has 31 heavy (non-hydrogen) atoms. The van der Waals surface area contributed by atoms with Crippen molar-refractivity contribution in [2.75, 3.05) is 16.8 Å². The Morgan fingerprint density at radius 3 is 2.61 bits per heavy atom. The van der Waals surface area contributed by atoms with Crippen LogP contribution in [0.4, 0.5) is 20.2 Å². The Morgan fingerprint density at radius 1 is 1.26 bits per heavy atom. The molecule has 1 amide bonds. The topological polar surface area (TPSA) is 70.2 Å². The number of H-pyrrole nitrogens is 1. The molecule has 162 valence electrons. The van der Waals surface area contributed by atoms with Crippen LogP contribution in [0.25, 0.3) is 11.3 Å². The first kappa shape index (κ1) is 21.1. The second kappa shape index (κ2) is 8.19. The summed E-state index contributed by atoms with van der Waals surface area (Å²) in [6.07, 6.45) is 2.52. The first-order chi connectivity index (χ1) is 14.7. The highest BCUT2D eigenvalue weighted by Crippen LogP contribution is 2.39. The number of hydrogen-bond donors (Lipinski definition) is 2. The van der Waals surface area contributed by atoms with Crippen molar-refractivity contribution >= 4 is 28.9 Å². The van der Waals surface area contributed by atoms with E-state index in [0.717, 1.165) is 35.5 Å². The number of ether oxygens (including phenoxy) is 1. The molecule has 0 unspecified atom stereocenters. The Bertz CT molecular complexity index is 1080. The highest BCUT2D eigenvalue weighted by Gasteiger charge is 2.28.